The molecule has 0 saturated carbocycles. The van der Waals surface area contributed by atoms with Crippen molar-refractivity contribution in [2.45, 2.75) is 0 Å². The van der Waals surface area contributed by atoms with Gasteiger partial charge in [-0.3, -0.25) is 0 Å². The van der Waals surface area contributed by atoms with E-state index >= 15 is 0 Å². The lowest BCUT2D eigenvalue weighted by molar-refractivity contribution is 0.278. The lowest BCUT2D eigenvalue weighted by atomic mass is 10.3. The minimum Gasteiger partial charge on any atom is -0.402 e. The zero-order chi connectivity index (χ0) is 5.58. The van der Waals surface area contributed by atoms with Crippen LogP contribution in [0.4, 0.5) is 0 Å². The maximum Gasteiger partial charge on any atom is 0.631 e. The summed E-state index contributed by atoms with van der Waals surface area (Å²) in [5, 5.41) is 27.0. The molecule has 0 atom stereocenters. The Balaban J connectivity index is 0. The van der Waals surface area contributed by atoms with E-state index in [2.05, 4.69) is 6.72 Å². The Morgan fingerprint density at radius 2 is 1.17 bits per heavy atom. The number of hydrogen-bond donors (Lipinski definition) is 4. The third kappa shape index (κ3) is 167. The fourth-order valence-electron chi connectivity index (χ4n) is 0. The first-order valence-corrected chi connectivity index (χ1v) is 1.13. The van der Waals surface area contributed by atoms with Gasteiger partial charge in [0.1, 0.15) is 0 Å². The van der Waals surface area contributed by atoms with E-state index in [9.17, 15) is 0 Å². The van der Waals surface area contributed by atoms with E-state index in [-0.39, 0.29) is 0 Å². The fraction of sp³-hybridized carbons (Fsp3) is 0. The summed E-state index contributed by atoms with van der Waals surface area (Å²) in [6.45, 7) is 2.50. The average Bonchev–Trinajstić information content (AvgIpc) is 1.41. The van der Waals surface area contributed by atoms with Gasteiger partial charge in [0.2, 0.25) is 0 Å². The molecule has 5 heteroatoms. The molecule has 4 nitrogen and oxygen atoms in total. The first kappa shape index (κ1) is 9.15. The van der Waals surface area contributed by atoms with Crippen molar-refractivity contribution in [1.29, 1.82) is 5.41 Å². The van der Waals surface area contributed by atoms with Gasteiger partial charge >= 0.3 is 7.32 Å². The van der Waals surface area contributed by atoms with E-state index in [0.29, 0.717) is 0 Å². The van der Waals surface area contributed by atoms with Gasteiger partial charge in [0, 0.05) is 0 Å². The van der Waals surface area contributed by atoms with Crippen molar-refractivity contribution in [3.8, 4) is 0 Å². The molecule has 0 aromatic heterocycles. The molecule has 0 rings (SSSR count). The summed E-state index contributed by atoms with van der Waals surface area (Å²) in [6.07, 6.45) is 0. The van der Waals surface area contributed by atoms with Gasteiger partial charge in [-0.25, -0.2) is 0 Å². The summed E-state index contributed by atoms with van der Waals surface area (Å²) < 4.78 is 0. The summed E-state index contributed by atoms with van der Waals surface area (Å²) >= 11 is 0. The molecule has 6 heavy (non-hydrogen) atoms. The van der Waals surface area contributed by atoms with Crippen molar-refractivity contribution in [1.82, 2.24) is 0 Å². The molecular weight excluding hydrogens is 84.8 g/mol. The minimum atomic E-state index is -2.17. The van der Waals surface area contributed by atoms with E-state index in [0.717, 1.165) is 0 Å². The molecule has 0 saturated heterocycles. The molecule has 0 aliphatic carbocycles. The highest BCUT2D eigenvalue weighted by Crippen LogP contribution is 1.40. The number of rotatable bonds is 0. The van der Waals surface area contributed by atoms with E-state index in [1.165, 1.54) is 0 Å². The molecule has 0 aromatic rings. The molecule has 0 aromatic carbocycles. The topological polar surface area (TPSA) is 84.5 Å². The highest BCUT2D eigenvalue weighted by molar-refractivity contribution is 6.30. The van der Waals surface area contributed by atoms with Crippen molar-refractivity contribution < 1.29 is 15.1 Å². The second-order valence-electron chi connectivity index (χ2n) is 0.346. The summed E-state index contributed by atoms with van der Waals surface area (Å²) in [4.78, 5) is 0. The summed E-state index contributed by atoms with van der Waals surface area (Å²) in [5.41, 5.74) is 0. The van der Waals surface area contributed by atoms with Crippen LogP contribution in [0.1, 0.15) is 0 Å². The van der Waals surface area contributed by atoms with Crippen LogP contribution < -0.4 is 0 Å². The first-order chi connectivity index (χ1) is 2.73. The quantitative estimate of drug-likeness (QED) is 0.210. The van der Waals surface area contributed by atoms with Crippen LogP contribution in [-0.2, 0) is 0 Å². The average molecular weight is 90.9 g/mol. The smallest absolute Gasteiger partial charge is 0.402 e. The van der Waals surface area contributed by atoms with E-state index in [4.69, 9.17) is 20.5 Å². The Labute approximate surface area is 35.7 Å². The van der Waals surface area contributed by atoms with Crippen molar-refractivity contribution in [2.24, 2.45) is 0 Å². The van der Waals surface area contributed by atoms with Crippen molar-refractivity contribution >= 4 is 14.0 Å². The van der Waals surface area contributed by atoms with Gasteiger partial charge in [-0.2, -0.15) is 0 Å². The van der Waals surface area contributed by atoms with Gasteiger partial charge in [0.15, 0.2) is 0 Å². The third-order valence-corrected chi connectivity index (χ3v) is 0. The zero-order valence-electron chi connectivity index (χ0n) is 3.13. The SMILES string of the molecule is C=N.OB(O)O. The molecule has 0 spiro atoms. The van der Waals surface area contributed by atoms with Gasteiger partial charge in [0.25, 0.3) is 0 Å². The lowest BCUT2D eigenvalue weighted by Gasteiger charge is -1.69. The van der Waals surface area contributed by atoms with Crippen LogP contribution in [0.5, 0.6) is 0 Å². The number of nitrogens with one attached hydrogen (secondary N) is 1. The summed E-state index contributed by atoms with van der Waals surface area (Å²) in [5.74, 6) is 0. The predicted molar refractivity (Wildman–Crippen MR) is 22.3 cm³/mol. The highest BCUT2D eigenvalue weighted by Gasteiger charge is 1.92. The molecule has 0 bridgehead atoms. The normalized spacial score (nSPS) is 5.17. The van der Waals surface area contributed by atoms with Gasteiger partial charge in [0.05, 0.1) is 0 Å². The maximum absolute atomic E-state index is 7.17. The molecule has 4 N–H and O–H groups in total. The molecule has 36 valence electrons. The van der Waals surface area contributed by atoms with Crippen molar-refractivity contribution in [3.63, 3.8) is 0 Å². The largest absolute Gasteiger partial charge is 0.631 e. The second-order valence-corrected chi connectivity index (χ2v) is 0.346. The van der Waals surface area contributed by atoms with Crippen LogP contribution in [0, 0.1) is 5.41 Å². The molecule has 0 amide bonds. The van der Waals surface area contributed by atoms with E-state index < -0.39 is 7.32 Å². The Kier molecular flexibility index (Phi) is 13.5. The van der Waals surface area contributed by atoms with Crippen molar-refractivity contribution in [3.05, 3.63) is 0 Å². The maximum atomic E-state index is 7.17. The molecule has 0 heterocycles. The van der Waals surface area contributed by atoms with Crippen LogP contribution in [0.25, 0.3) is 0 Å². The Morgan fingerprint density at radius 1 is 1.17 bits per heavy atom. The molecular formula is CH6BNO3. The Morgan fingerprint density at radius 3 is 1.17 bits per heavy atom. The lowest BCUT2D eigenvalue weighted by Crippen LogP contribution is -2.07. The minimum absolute atomic E-state index is 2.17. The monoisotopic (exact) mass is 91.0 g/mol. The Hall–Kier alpha value is -0.385. The summed E-state index contributed by atoms with van der Waals surface area (Å²) in [6, 6.07) is 0. The predicted octanol–water partition coefficient (Wildman–Crippen LogP) is -1.79. The van der Waals surface area contributed by atoms with Crippen LogP contribution >= 0.6 is 0 Å². The highest BCUT2D eigenvalue weighted by atomic mass is 16.5. The van der Waals surface area contributed by atoms with Crippen LogP contribution in [0.3, 0.4) is 0 Å². The fourth-order valence-corrected chi connectivity index (χ4v) is 0. The van der Waals surface area contributed by atoms with Crippen LogP contribution in [-0.4, -0.2) is 29.1 Å². The van der Waals surface area contributed by atoms with Gasteiger partial charge < -0.3 is 20.5 Å². The van der Waals surface area contributed by atoms with Gasteiger partial charge in [-0.15, -0.1) is 0 Å². The standard InChI is InChI=1S/CH3N.BH3O3/c1-2;2-1(3)4/h2H,1H2;2-4H. The van der Waals surface area contributed by atoms with E-state index in [1.54, 1.807) is 0 Å². The van der Waals surface area contributed by atoms with Crippen molar-refractivity contribution in [2.75, 3.05) is 0 Å². The molecule has 0 fully saturated rings. The third-order valence-electron chi connectivity index (χ3n) is 0. The van der Waals surface area contributed by atoms with Crippen LogP contribution in [0.15, 0.2) is 0 Å². The number of hydrogen-bond acceptors (Lipinski definition) is 4. The zero-order valence-corrected chi connectivity index (χ0v) is 3.13. The van der Waals surface area contributed by atoms with Crippen LogP contribution in [0.2, 0.25) is 0 Å². The molecule has 0 aliphatic heterocycles. The first-order valence-electron chi connectivity index (χ1n) is 1.13. The van der Waals surface area contributed by atoms with Gasteiger partial charge in [-0.05, 0) is 6.72 Å². The van der Waals surface area contributed by atoms with E-state index in [1.807, 2.05) is 0 Å². The van der Waals surface area contributed by atoms with Gasteiger partial charge in [-0.1, -0.05) is 0 Å². The summed E-state index contributed by atoms with van der Waals surface area (Å²) in [7, 11) is -2.17. The Bertz CT molecular complexity index is 22.0. The molecule has 0 radical (unpaired) electrons. The molecule has 0 unspecified atom stereocenters. The second kappa shape index (κ2) is 8.82. The molecule has 0 aliphatic rings.